The summed E-state index contributed by atoms with van der Waals surface area (Å²) in [6.07, 6.45) is 4.75. The molecule has 0 spiro atoms. The maximum Gasteiger partial charge on any atom is 0.146 e. The number of nitrogens with zero attached hydrogens (tertiary/aromatic N) is 1. The summed E-state index contributed by atoms with van der Waals surface area (Å²) in [6.45, 7) is 8.37. The van der Waals surface area contributed by atoms with Crippen LogP contribution in [0, 0.1) is 0 Å². The lowest BCUT2D eigenvalue weighted by Crippen LogP contribution is -2.13. The Morgan fingerprint density at radius 1 is 1.10 bits per heavy atom. The Labute approximate surface area is 127 Å². The van der Waals surface area contributed by atoms with Crippen molar-refractivity contribution >= 4 is 0 Å². The molecular weight excluding hydrogens is 260 g/mol. The first kappa shape index (κ1) is 15.5. The summed E-state index contributed by atoms with van der Waals surface area (Å²) in [5.74, 6) is 2.16. The van der Waals surface area contributed by atoms with Gasteiger partial charge in [0.05, 0.1) is 6.20 Å². The van der Waals surface area contributed by atoms with Crippen LogP contribution in [0.3, 0.4) is 0 Å². The first-order valence-electron chi connectivity index (χ1n) is 7.61. The molecule has 2 rings (SSSR count). The molecule has 1 heterocycles. The summed E-state index contributed by atoms with van der Waals surface area (Å²) in [4.78, 5) is 4.24. The molecule has 0 atom stereocenters. The van der Waals surface area contributed by atoms with Gasteiger partial charge in [0.25, 0.3) is 0 Å². The fraction of sp³-hybridized carbons (Fsp3) is 0.389. The minimum absolute atomic E-state index is 0.536. The van der Waals surface area contributed by atoms with Crippen molar-refractivity contribution in [2.45, 2.75) is 39.7 Å². The van der Waals surface area contributed by atoms with Crippen LogP contribution in [0.15, 0.2) is 42.7 Å². The highest BCUT2D eigenvalue weighted by Crippen LogP contribution is 2.24. The summed E-state index contributed by atoms with van der Waals surface area (Å²) >= 11 is 0. The van der Waals surface area contributed by atoms with Crippen molar-refractivity contribution in [1.82, 2.24) is 10.3 Å². The van der Waals surface area contributed by atoms with E-state index in [-0.39, 0.29) is 0 Å². The molecule has 0 aliphatic rings. The molecule has 0 aliphatic carbocycles. The molecule has 0 saturated heterocycles. The summed E-state index contributed by atoms with van der Waals surface area (Å²) in [5, 5.41) is 3.37. The van der Waals surface area contributed by atoms with Crippen molar-refractivity contribution in [1.29, 1.82) is 0 Å². The molecule has 0 aliphatic heterocycles. The molecule has 0 unspecified atom stereocenters. The molecule has 3 heteroatoms. The van der Waals surface area contributed by atoms with Gasteiger partial charge in [-0.2, -0.15) is 0 Å². The molecule has 21 heavy (non-hydrogen) atoms. The number of hydrogen-bond donors (Lipinski definition) is 1. The molecule has 0 bridgehead atoms. The number of hydrogen-bond acceptors (Lipinski definition) is 3. The zero-order chi connectivity index (χ0) is 15.1. The molecule has 2 aromatic rings. The molecule has 0 radical (unpaired) electrons. The lowest BCUT2D eigenvalue weighted by Gasteiger charge is -2.09. The van der Waals surface area contributed by atoms with E-state index in [1.165, 1.54) is 5.56 Å². The van der Waals surface area contributed by atoms with Gasteiger partial charge in [0, 0.05) is 12.7 Å². The number of pyridine rings is 1. The number of rotatable bonds is 7. The summed E-state index contributed by atoms with van der Waals surface area (Å²) in [6, 6.07) is 10.3. The van der Waals surface area contributed by atoms with E-state index in [1.807, 2.05) is 24.4 Å². The van der Waals surface area contributed by atoms with Gasteiger partial charge < -0.3 is 10.1 Å². The smallest absolute Gasteiger partial charge is 0.146 e. The molecule has 0 fully saturated rings. The average molecular weight is 284 g/mol. The predicted octanol–water partition coefficient (Wildman–Crippen LogP) is 4.50. The van der Waals surface area contributed by atoms with Gasteiger partial charge in [-0.1, -0.05) is 32.9 Å². The first-order valence-corrected chi connectivity index (χ1v) is 7.61. The van der Waals surface area contributed by atoms with Crippen LogP contribution >= 0.6 is 0 Å². The molecule has 1 aromatic heterocycles. The van der Waals surface area contributed by atoms with Crippen molar-refractivity contribution in [3.63, 3.8) is 0 Å². The normalized spacial score (nSPS) is 10.9. The van der Waals surface area contributed by atoms with Gasteiger partial charge in [-0.3, -0.25) is 4.98 Å². The van der Waals surface area contributed by atoms with Gasteiger partial charge in [-0.25, -0.2) is 0 Å². The summed E-state index contributed by atoms with van der Waals surface area (Å²) in [7, 11) is 0. The van der Waals surface area contributed by atoms with Crippen molar-refractivity contribution in [2.24, 2.45) is 0 Å². The van der Waals surface area contributed by atoms with Crippen molar-refractivity contribution in [2.75, 3.05) is 6.54 Å². The number of benzene rings is 1. The molecule has 0 saturated carbocycles. The van der Waals surface area contributed by atoms with Gasteiger partial charge >= 0.3 is 0 Å². The van der Waals surface area contributed by atoms with Crippen LogP contribution in [0.2, 0.25) is 0 Å². The minimum Gasteiger partial charge on any atom is -0.456 e. The average Bonchev–Trinajstić information content (AvgIpc) is 2.48. The van der Waals surface area contributed by atoms with E-state index < -0.39 is 0 Å². The zero-order valence-electron chi connectivity index (χ0n) is 13.1. The van der Waals surface area contributed by atoms with E-state index in [0.717, 1.165) is 36.6 Å². The van der Waals surface area contributed by atoms with Crippen LogP contribution in [0.5, 0.6) is 11.5 Å². The van der Waals surface area contributed by atoms with Crippen LogP contribution < -0.4 is 10.1 Å². The third-order valence-electron chi connectivity index (χ3n) is 3.31. The minimum atomic E-state index is 0.536. The molecule has 112 valence electrons. The van der Waals surface area contributed by atoms with E-state index in [4.69, 9.17) is 4.74 Å². The fourth-order valence-corrected chi connectivity index (χ4v) is 2.08. The van der Waals surface area contributed by atoms with Crippen molar-refractivity contribution in [3.8, 4) is 11.5 Å². The fourth-order valence-electron chi connectivity index (χ4n) is 2.08. The van der Waals surface area contributed by atoms with Crippen LogP contribution in [0.1, 0.15) is 44.2 Å². The SMILES string of the molecule is CCCNCc1cncc(Oc2ccc(C(C)C)cc2)c1. The Kier molecular flexibility index (Phi) is 5.76. The Bertz CT molecular complexity index is 549. The van der Waals surface area contributed by atoms with Crippen LogP contribution in [-0.4, -0.2) is 11.5 Å². The molecular formula is C18H24N2O. The van der Waals surface area contributed by atoms with Crippen molar-refractivity contribution < 1.29 is 4.74 Å². The largest absolute Gasteiger partial charge is 0.456 e. The molecule has 0 amide bonds. The Hall–Kier alpha value is -1.87. The predicted molar refractivity (Wildman–Crippen MR) is 86.8 cm³/mol. The van der Waals surface area contributed by atoms with Crippen LogP contribution in [0.4, 0.5) is 0 Å². The van der Waals surface area contributed by atoms with Crippen molar-refractivity contribution in [3.05, 3.63) is 53.9 Å². The summed E-state index contributed by atoms with van der Waals surface area (Å²) in [5.41, 5.74) is 2.46. The Balaban J connectivity index is 2.00. The van der Waals surface area contributed by atoms with E-state index in [0.29, 0.717) is 5.92 Å². The summed E-state index contributed by atoms with van der Waals surface area (Å²) < 4.78 is 5.87. The second kappa shape index (κ2) is 7.79. The number of ether oxygens (including phenoxy) is 1. The van der Waals surface area contributed by atoms with E-state index in [9.17, 15) is 0 Å². The van der Waals surface area contributed by atoms with Gasteiger partial charge in [0.15, 0.2) is 0 Å². The molecule has 3 nitrogen and oxygen atoms in total. The van der Waals surface area contributed by atoms with Crippen LogP contribution in [-0.2, 0) is 6.54 Å². The van der Waals surface area contributed by atoms with Gasteiger partial charge in [0.2, 0.25) is 0 Å². The van der Waals surface area contributed by atoms with Gasteiger partial charge in [0.1, 0.15) is 11.5 Å². The maximum absolute atomic E-state index is 5.87. The Morgan fingerprint density at radius 2 is 1.86 bits per heavy atom. The lowest BCUT2D eigenvalue weighted by atomic mass is 10.0. The van der Waals surface area contributed by atoms with E-state index >= 15 is 0 Å². The second-order valence-electron chi connectivity index (χ2n) is 5.53. The third kappa shape index (κ3) is 4.87. The quantitative estimate of drug-likeness (QED) is 0.760. The van der Waals surface area contributed by atoms with E-state index in [1.54, 1.807) is 6.20 Å². The Morgan fingerprint density at radius 3 is 2.52 bits per heavy atom. The number of nitrogens with one attached hydrogen (secondary N) is 1. The first-order chi connectivity index (χ1) is 10.2. The number of aromatic nitrogens is 1. The topological polar surface area (TPSA) is 34.2 Å². The maximum atomic E-state index is 5.87. The van der Waals surface area contributed by atoms with E-state index in [2.05, 4.69) is 43.2 Å². The van der Waals surface area contributed by atoms with Gasteiger partial charge in [-0.05, 0) is 48.2 Å². The molecule has 1 aromatic carbocycles. The lowest BCUT2D eigenvalue weighted by molar-refractivity contribution is 0.478. The molecule has 1 N–H and O–H groups in total. The highest BCUT2D eigenvalue weighted by molar-refractivity contribution is 5.34. The standard InChI is InChI=1S/C18H24N2O/c1-4-9-19-11-15-10-18(13-20-12-15)21-17-7-5-16(6-8-17)14(2)3/h5-8,10,12-14,19H,4,9,11H2,1-3H3. The monoisotopic (exact) mass is 284 g/mol. The van der Waals surface area contributed by atoms with Gasteiger partial charge in [-0.15, -0.1) is 0 Å². The van der Waals surface area contributed by atoms with Crippen LogP contribution in [0.25, 0.3) is 0 Å². The second-order valence-corrected chi connectivity index (χ2v) is 5.53. The highest BCUT2D eigenvalue weighted by atomic mass is 16.5. The third-order valence-corrected chi connectivity index (χ3v) is 3.31. The zero-order valence-corrected chi connectivity index (χ0v) is 13.1. The highest BCUT2D eigenvalue weighted by Gasteiger charge is 2.02.